The van der Waals surface area contributed by atoms with Crippen LogP contribution in [0.15, 0.2) is 36.1 Å². The topological polar surface area (TPSA) is 9.23 Å². The summed E-state index contributed by atoms with van der Waals surface area (Å²) < 4.78 is 5.36. The van der Waals surface area contributed by atoms with Gasteiger partial charge in [0.25, 0.3) is 0 Å². The van der Waals surface area contributed by atoms with Crippen LogP contribution in [-0.4, -0.2) is 6.61 Å². The molecule has 0 aromatic heterocycles. The first kappa shape index (κ1) is 10.0. The van der Waals surface area contributed by atoms with Crippen LogP contribution in [0.2, 0.25) is 0 Å². The van der Waals surface area contributed by atoms with Crippen molar-refractivity contribution in [2.45, 2.75) is 20.8 Å². The van der Waals surface area contributed by atoms with E-state index in [1.165, 1.54) is 0 Å². The summed E-state index contributed by atoms with van der Waals surface area (Å²) in [6.45, 7) is 10.3. The average molecular weight is 152 g/mol. The lowest BCUT2D eigenvalue weighted by molar-refractivity contribution is 0.240. The molecule has 0 unspecified atom stereocenters. The van der Waals surface area contributed by atoms with Gasteiger partial charge in [0.15, 0.2) is 0 Å². The minimum Gasteiger partial charge on any atom is -0.494 e. The monoisotopic (exact) mass is 152 g/mol. The molecule has 0 N–H and O–H groups in total. The molecule has 0 atom stereocenters. The molecule has 0 spiro atoms. The molecule has 0 aliphatic carbocycles. The van der Waals surface area contributed by atoms with Gasteiger partial charge in [0.2, 0.25) is 0 Å². The van der Waals surface area contributed by atoms with Crippen molar-refractivity contribution in [3.05, 3.63) is 36.1 Å². The second-order valence-electron chi connectivity index (χ2n) is 2.18. The zero-order valence-corrected chi connectivity index (χ0v) is 7.55. The number of allylic oxidation sites excluding steroid dienone is 4. The van der Waals surface area contributed by atoms with Gasteiger partial charge in [0.05, 0.1) is 6.61 Å². The zero-order chi connectivity index (χ0) is 8.69. The molecule has 0 radical (unpaired) electrons. The lowest BCUT2D eigenvalue weighted by atomic mass is 10.2. The number of hydrogen-bond donors (Lipinski definition) is 0. The summed E-state index contributed by atoms with van der Waals surface area (Å²) in [6.07, 6.45) is 5.70. The molecule has 0 amide bonds. The summed E-state index contributed by atoms with van der Waals surface area (Å²) in [4.78, 5) is 0. The molecule has 0 saturated heterocycles. The second-order valence-corrected chi connectivity index (χ2v) is 2.18. The molecule has 62 valence electrons. The first-order chi connectivity index (χ1) is 5.26. The quantitative estimate of drug-likeness (QED) is 0.444. The van der Waals surface area contributed by atoms with Gasteiger partial charge in [0.1, 0.15) is 5.76 Å². The van der Waals surface area contributed by atoms with E-state index >= 15 is 0 Å². The maximum absolute atomic E-state index is 5.36. The van der Waals surface area contributed by atoms with Gasteiger partial charge in [-0.1, -0.05) is 18.7 Å². The first-order valence-corrected chi connectivity index (χ1v) is 3.85. The van der Waals surface area contributed by atoms with E-state index in [-0.39, 0.29) is 0 Å². The fraction of sp³-hybridized carbons (Fsp3) is 0.400. The molecule has 0 fully saturated rings. The summed E-state index contributed by atoms with van der Waals surface area (Å²) in [5.41, 5.74) is 1.07. The summed E-state index contributed by atoms with van der Waals surface area (Å²) in [6, 6.07) is 0. The van der Waals surface area contributed by atoms with Crippen molar-refractivity contribution in [3.63, 3.8) is 0 Å². The third kappa shape index (κ3) is 3.66. The molecule has 0 saturated carbocycles. The Hall–Kier alpha value is -0.980. The highest BCUT2D eigenvalue weighted by atomic mass is 16.5. The average Bonchev–Trinajstić information content (AvgIpc) is 2.03. The Morgan fingerprint density at radius 1 is 1.55 bits per heavy atom. The van der Waals surface area contributed by atoms with E-state index in [9.17, 15) is 0 Å². The minimum absolute atomic E-state index is 0.699. The third-order valence-corrected chi connectivity index (χ3v) is 1.31. The van der Waals surface area contributed by atoms with Crippen LogP contribution in [0.5, 0.6) is 0 Å². The molecular formula is C10H16O. The van der Waals surface area contributed by atoms with Crippen molar-refractivity contribution in [1.29, 1.82) is 0 Å². The Kier molecular flexibility index (Phi) is 5.26. The molecule has 11 heavy (non-hydrogen) atoms. The lowest BCUT2D eigenvalue weighted by Crippen LogP contribution is -1.90. The Labute approximate surface area is 69.1 Å². The highest BCUT2D eigenvalue weighted by molar-refractivity contribution is 5.25. The standard InChI is InChI=1S/C10H16O/c1-5-8-10(11-7-3)9(4)6-2/h5-6,8H,2,7H2,1,3-4H3/b8-5-,10-9+. The van der Waals surface area contributed by atoms with Crippen LogP contribution >= 0.6 is 0 Å². The predicted octanol–water partition coefficient (Wildman–Crippen LogP) is 3.06. The van der Waals surface area contributed by atoms with Crippen molar-refractivity contribution < 1.29 is 4.74 Å². The van der Waals surface area contributed by atoms with Crippen molar-refractivity contribution in [3.8, 4) is 0 Å². The van der Waals surface area contributed by atoms with Crippen LogP contribution in [0, 0.1) is 0 Å². The van der Waals surface area contributed by atoms with Crippen molar-refractivity contribution in [2.75, 3.05) is 6.61 Å². The molecule has 0 heterocycles. The van der Waals surface area contributed by atoms with Gasteiger partial charge in [-0.2, -0.15) is 0 Å². The largest absolute Gasteiger partial charge is 0.494 e. The summed E-state index contributed by atoms with van der Waals surface area (Å²) in [7, 11) is 0. The van der Waals surface area contributed by atoms with Crippen LogP contribution in [-0.2, 0) is 4.74 Å². The van der Waals surface area contributed by atoms with E-state index in [1.807, 2.05) is 32.9 Å². The van der Waals surface area contributed by atoms with E-state index in [1.54, 1.807) is 6.08 Å². The van der Waals surface area contributed by atoms with Crippen molar-refractivity contribution >= 4 is 0 Å². The fourth-order valence-electron chi connectivity index (χ4n) is 0.701. The molecule has 0 aliphatic rings. The molecule has 1 nitrogen and oxygen atoms in total. The van der Waals surface area contributed by atoms with Gasteiger partial charge in [-0.15, -0.1) is 0 Å². The van der Waals surface area contributed by atoms with Crippen LogP contribution in [0.1, 0.15) is 20.8 Å². The molecule has 0 bridgehead atoms. The highest BCUT2D eigenvalue weighted by Crippen LogP contribution is 2.07. The number of ether oxygens (including phenoxy) is 1. The van der Waals surface area contributed by atoms with E-state index in [2.05, 4.69) is 6.58 Å². The van der Waals surface area contributed by atoms with E-state index in [4.69, 9.17) is 4.74 Å². The van der Waals surface area contributed by atoms with Gasteiger partial charge < -0.3 is 4.74 Å². The molecule has 0 aliphatic heterocycles. The molecule has 1 heteroatoms. The third-order valence-electron chi connectivity index (χ3n) is 1.31. The maximum atomic E-state index is 5.36. The van der Waals surface area contributed by atoms with E-state index in [0.717, 1.165) is 11.3 Å². The minimum atomic E-state index is 0.699. The second kappa shape index (κ2) is 5.78. The predicted molar refractivity (Wildman–Crippen MR) is 49.3 cm³/mol. The summed E-state index contributed by atoms with van der Waals surface area (Å²) in [5.74, 6) is 0.907. The van der Waals surface area contributed by atoms with Crippen LogP contribution in [0.3, 0.4) is 0 Å². The maximum Gasteiger partial charge on any atom is 0.121 e. The smallest absolute Gasteiger partial charge is 0.121 e. The van der Waals surface area contributed by atoms with E-state index < -0.39 is 0 Å². The SMILES string of the molecule is C=C/C(C)=C(\C=C/C)OCC. The first-order valence-electron chi connectivity index (χ1n) is 3.85. The van der Waals surface area contributed by atoms with Gasteiger partial charge in [-0.3, -0.25) is 0 Å². The normalized spacial score (nSPS) is 13.0. The number of rotatable bonds is 4. The van der Waals surface area contributed by atoms with Gasteiger partial charge >= 0.3 is 0 Å². The van der Waals surface area contributed by atoms with Crippen LogP contribution in [0.25, 0.3) is 0 Å². The molecular weight excluding hydrogens is 136 g/mol. The molecule has 0 aromatic carbocycles. The van der Waals surface area contributed by atoms with Gasteiger partial charge in [-0.05, 0) is 32.4 Å². The van der Waals surface area contributed by atoms with Crippen molar-refractivity contribution in [2.24, 2.45) is 0 Å². The van der Waals surface area contributed by atoms with Crippen molar-refractivity contribution in [1.82, 2.24) is 0 Å². The Balaban J connectivity index is 4.42. The highest BCUT2D eigenvalue weighted by Gasteiger charge is 1.93. The van der Waals surface area contributed by atoms with Gasteiger partial charge in [-0.25, -0.2) is 0 Å². The summed E-state index contributed by atoms with van der Waals surface area (Å²) in [5, 5.41) is 0. The molecule has 0 rings (SSSR count). The summed E-state index contributed by atoms with van der Waals surface area (Å²) >= 11 is 0. The zero-order valence-electron chi connectivity index (χ0n) is 7.55. The van der Waals surface area contributed by atoms with Crippen LogP contribution < -0.4 is 0 Å². The lowest BCUT2D eigenvalue weighted by Gasteiger charge is -2.05. The Morgan fingerprint density at radius 2 is 2.18 bits per heavy atom. The Bertz CT molecular complexity index is 175. The fourth-order valence-corrected chi connectivity index (χ4v) is 0.701. The van der Waals surface area contributed by atoms with Gasteiger partial charge in [0, 0.05) is 0 Å². The number of hydrogen-bond acceptors (Lipinski definition) is 1. The molecule has 0 aromatic rings. The van der Waals surface area contributed by atoms with Crippen LogP contribution in [0.4, 0.5) is 0 Å². The Morgan fingerprint density at radius 3 is 2.55 bits per heavy atom. The van der Waals surface area contributed by atoms with E-state index in [0.29, 0.717) is 6.61 Å².